The Hall–Kier alpha value is -3.23. The monoisotopic (exact) mass is 534 g/mol. The van der Waals surface area contributed by atoms with E-state index in [0.717, 1.165) is 23.1 Å². The highest BCUT2D eigenvalue weighted by Gasteiger charge is 2.22. The number of aromatic nitrogens is 2. The van der Waals surface area contributed by atoms with Gasteiger partial charge >= 0.3 is 0 Å². The number of fused-ring (bicyclic) bond motifs is 1. The van der Waals surface area contributed by atoms with Crippen molar-refractivity contribution in [2.45, 2.75) is 6.54 Å². The molecule has 3 aromatic carbocycles. The van der Waals surface area contributed by atoms with Crippen LogP contribution in [0.15, 0.2) is 82.1 Å². The lowest BCUT2D eigenvalue weighted by atomic mass is 10.1. The van der Waals surface area contributed by atoms with E-state index < -0.39 is 0 Å². The van der Waals surface area contributed by atoms with Crippen LogP contribution in [0.4, 0.5) is 5.69 Å². The van der Waals surface area contributed by atoms with Crippen molar-refractivity contribution < 1.29 is 4.79 Å². The molecule has 0 bridgehead atoms. The molecule has 1 aliphatic heterocycles. The average molecular weight is 535 g/mol. The molecule has 4 aromatic rings. The molecule has 0 saturated carbocycles. The zero-order valence-electron chi connectivity index (χ0n) is 18.4. The summed E-state index contributed by atoms with van der Waals surface area (Å²) in [6.45, 7) is 3.33. The summed E-state index contributed by atoms with van der Waals surface area (Å²) in [6.07, 6.45) is 0. The van der Waals surface area contributed by atoms with Crippen molar-refractivity contribution >= 4 is 50.6 Å². The Balaban J connectivity index is 1.29. The lowest BCUT2D eigenvalue weighted by Gasteiger charge is -2.36. The van der Waals surface area contributed by atoms with Gasteiger partial charge in [0.15, 0.2) is 4.77 Å². The van der Waals surface area contributed by atoms with Gasteiger partial charge in [0.05, 0.1) is 17.4 Å². The summed E-state index contributed by atoms with van der Waals surface area (Å²) >= 11 is 8.85. The van der Waals surface area contributed by atoms with E-state index in [1.54, 1.807) is 10.6 Å². The van der Waals surface area contributed by atoms with E-state index >= 15 is 0 Å². The molecule has 0 atom stereocenters. The van der Waals surface area contributed by atoms with Gasteiger partial charge in [0.25, 0.3) is 11.5 Å². The van der Waals surface area contributed by atoms with Gasteiger partial charge in [0, 0.05) is 41.9 Å². The summed E-state index contributed by atoms with van der Waals surface area (Å²) < 4.78 is 2.75. The number of nitrogens with one attached hydrogen (secondary N) is 1. The molecule has 34 heavy (non-hydrogen) atoms. The first-order chi connectivity index (χ1) is 16.5. The fourth-order valence-corrected chi connectivity index (χ4v) is 4.91. The number of rotatable bonds is 4. The minimum Gasteiger partial charge on any atom is -0.368 e. The predicted octanol–water partition coefficient (Wildman–Crippen LogP) is 4.83. The van der Waals surface area contributed by atoms with Crippen LogP contribution in [0.25, 0.3) is 10.9 Å². The number of halogens is 1. The van der Waals surface area contributed by atoms with E-state index in [9.17, 15) is 9.59 Å². The summed E-state index contributed by atoms with van der Waals surface area (Å²) in [6, 6.07) is 23.2. The molecule has 172 valence electrons. The number of H-pyrrole nitrogens is 1. The first-order valence-electron chi connectivity index (χ1n) is 11.1. The molecule has 1 aliphatic rings. The Kier molecular flexibility index (Phi) is 6.34. The summed E-state index contributed by atoms with van der Waals surface area (Å²) in [5.41, 5.74) is 3.31. The van der Waals surface area contributed by atoms with E-state index in [0.29, 0.717) is 40.9 Å². The maximum atomic E-state index is 13.0. The van der Waals surface area contributed by atoms with Gasteiger partial charge in [0.2, 0.25) is 0 Å². The number of para-hydroxylation sites is 1. The van der Waals surface area contributed by atoms with Crippen molar-refractivity contribution in [2.24, 2.45) is 0 Å². The van der Waals surface area contributed by atoms with Crippen LogP contribution >= 0.6 is 28.1 Å². The second-order valence-electron chi connectivity index (χ2n) is 8.32. The fraction of sp³-hybridized carbons (Fsp3) is 0.192. The third-order valence-corrected chi connectivity index (χ3v) is 6.99. The highest BCUT2D eigenvalue weighted by Crippen LogP contribution is 2.18. The second kappa shape index (κ2) is 9.56. The summed E-state index contributed by atoms with van der Waals surface area (Å²) in [5.74, 6) is 0.0317. The molecular weight excluding hydrogens is 512 g/mol. The Morgan fingerprint density at radius 2 is 1.65 bits per heavy atom. The number of piperazine rings is 1. The quantitative estimate of drug-likeness (QED) is 0.381. The van der Waals surface area contributed by atoms with E-state index in [1.807, 2.05) is 59.5 Å². The third-order valence-electron chi connectivity index (χ3n) is 6.17. The molecule has 8 heteroatoms. The highest BCUT2D eigenvalue weighted by molar-refractivity contribution is 9.10. The fourth-order valence-electron chi connectivity index (χ4n) is 4.29. The van der Waals surface area contributed by atoms with Gasteiger partial charge in [-0.3, -0.25) is 14.2 Å². The predicted molar refractivity (Wildman–Crippen MR) is 141 cm³/mol. The van der Waals surface area contributed by atoms with Crippen LogP contribution in [0.2, 0.25) is 0 Å². The van der Waals surface area contributed by atoms with E-state index in [2.05, 4.69) is 37.9 Å². The van der Waals surface area contributed by atoms with Gasteiger partial charge in [-0.15, -0.1) is 0 Å². The minimum absolute atomic E-state index is 0.0317. The van der Waals surface area contributed by atoms with Crippen molar-refractivity contribution in [3.8, 4) is 0 Å². The van der Waals surface area contributed by atoms with Crippen LogP contribution < -0.4 is 10.5 Å². The molecular formula is C26H23BrN4O2S. The number of nitrogens with zero attached hydrogens (tertiary/aromatic N) is 3. The average Bonchev–Trinajstić information content (AvgIpc) is 2.88. The molecule has 0 unspecified atom stereocenters. The Morgan fingerprint density at radius 1 is 0.941 bits per heavy atom. The van der Waals surface area contributed by atoms with Crippen molar-refractivity contribution in [3.63, 3.8) is 0 Å². The molecule has 1 fully saturated rings. The van der Waals surface area contributed by atoms with Crippen LogP contribution in [0, 0.1) is 4.77 Å². The number of benzene rings is 3. The summed E-state index contributed by atoms with van der Waals surface area (Å²) in [7, 11) is 0. The first kappa shape index (κ1) is 22.6. The smallest absolute Gasteiger partial charge is 0.262 e. The molecule has 0 radical (unpaired) electrons. The van der Waals surface area contributed by atoms with Crippen molar-refractivity contribution in [2.75, 3.05) is 31.1 Å². The standard InChI is InChI=1S/C26H23BrN4O2S/c27-20-10-11-23-22(16-20)25(33)31(26(34)28-23)17-18-6-8-19(9-7-18)24(32)30-14-12-29(13-15-30)21-4-2-1-3-5-21/h1-11,16H,12-15,17H2,(H,28,34). The topological polar surface area (TPSA) is 61.3 Å². The van der Waals surface area contributed by atoms with Gasteiger partial charge in [0.1, 0.15) is 0 Å². The number of carbonyl (C=O) groups excluding carboxylic acids is 1. The molecule has 0 spiro atoms. The lowest BCUT2D eigenvalue weighted by molar-refractivity contribution is 0.0747. The van der Waals surface area contributed by atoms with Gasteiger partial charge in [-0.25, -0.2) is 0 Å². The van der Waals surface area contributed by atoms with E-state index in [-0.39, 0.29) is 11.5 Å². The van der Waals surface area contributed by atoms with Gasteiger partial charge in [-0.2, -0.15) is 0 Å². The van der Waals surface area contributed by atoms with Crippen molar-refractivity contribution in [1.29, 1.82) is 0 Å². The van der Waals surface area contributed by atoms with Gasteiger partial charge in [-0.05, 0) is 60.2 Å². The number of hydrogen-bond donors (Lipinski definition) is 1. The summed E-state index contributed by atoms with van der Waals surface area (Å²) in [5, 5.41) is 0.574. The normalized spacial score (nSPS) is 13.9. The Bertz CT molecular complexity index is 1460. The zero-order chi connectivity index (χ0) is 23.7. The largest absolute Gasteiger partial charge is 0.368 e. The Morgan fingerprint density at radius 3 is 2.35 bits per heavy atom. The molecule has 2 heterocycles. The van der Waals surface area contributed by atoms with E-state index in [1.165, 1.54) is 5.69 Å². The van der Waals surface area contributed by atoms with Crippen molar-refractivity contribution in [3.05, 3.63) is 104 Å². The van der Waals surface area contributed by atoms with Crippen molar-refractivity contribution in [1.82, 2.24) is 14.5 Å². The van der Waals surface area contributed by atoms with Crippen LogP contribution in [0.5, 0.6) is 0 Å². The number of carbonyl (C=O) groups is 1. The third kappa shape index (κ3) is 4.56. The molecule has 1 aromatic heterocycles. The van der Waals surface area contributed by atoms with Gasteiger partial charge in [-0.1, -0.05) is 46.3 Å². The zero-order valence-corrected chi connectivity index (χ0v) is 20.8. The lowest BCUT2D eigenvalue weighted by Crippen LogP contribution is -2.48. The maximum Gasteiger partial charge on any atom is 0.262 e. The molecule has 1 N–H and O–H groups in total. The highest BCUT2D eigenvalue weighted by atomic mass is 79.9. The number of hydrogen-bond acceptors (Lipinski definition) is 4. The van der Waals surface area contributed by atoms with Crippen LogP contribution in [0.3, 0.4) is 0 Å². The number of amides is 1. The number of anilines is 1. The van der Waals surface area contributed by atoms with Gasteiger partial charge < -0.3 is 14.8 Å². The van der Waals surface area contributed by atoms with Crippen LogP contribution in [-0.2, 0) is 6.54 Å². The first-order valence-corrected chi connectivity index (χ1v) is 12.3. The molecule has 0 aliphatic carbocycles. The molecule has 1 saturated heterocycles. The summed E-state index contributed by atoms with van der Waals surface area (Å²) in [4.78, 5) is 33.4. The Labute approximate surface area is 210 Å². The van der Waals surface area contributed by atoms with Crippen LogP contribution in [0.1, 0.15) is 15.9 Å². The second-order valence-corrected chi connectivity index (χ2v) is 9.63. The number of aromatic amines is 1. The maximum absolute atomic E-state index is 13.0. The van der Waals surface area contributed by atoms with E-state index in [4.69, 9.17) is 12.2 Å². The minimum atomic E-state index is -0.142. The SMILES string of the molecule is O=C(c1ccc(Cn2c(=S)[nH]c3ccc(Br)cc3c2=O)cc1)N1CCN(c2ccccc2)CC1. The molecule has 6 nitrogen and oxygen atoms in total. The molecule has 5 rings (SSSR count). The van der Waals surface area contributed by atoms with Crippen LogP contribution in [-0.4, -0.2) is 46.5 Å². The molecule has 1 amide bonds.